The van der Waals surface area contributed by atoms with Crippen molar-refractivity contribution in [3.05, 3.63) is 35.4 Å². The van der Waals surface area contributed by atoms with Crippen LogP contribution in [-0.4, -0.2) is 37.8 Å². The summed E-state index contributed by atoms with van der Waals surface area (Å²) in [4.78, 5) is 11.7. The maximum Gasteiger partial charge on any atom is 0.407 e. The lowest BCUT2D eigenvalue weighted by molar-refractivity contribution is 0.0325. The first-order chi connectivity index (χ1) is 13.0. The van der Waals surface area contributed by atoms with Crippen LogP contribution < -0.4 is 5.32 Å². The highest BCUT2D eigenvalue weighted by atomic mass is 16.6. The number of benzene rings is 1. The molecule has 1 rings (SSSR count). The molecular weight excluding hydrogens is 342 g/mol. The number of methoxy groups -OCH3 is 1. The van der Waals surface area contributed by atoms with Gasteiger partial charge in [0.25, 0.3) is 0 Å². The number of aryl methyl sites for hydroxylation is 1. The second kappa shape index (κ2) is 22.5. The van der Waals surface area contributed by atoms with E-state index in [4.69, 9.17) is 9.84 Å². The SMILES string of the molecule is CC.CC.CCCNC(=O)O[C@H](Cc1ccccc1C)C(C)C.COCO.[HH]. The van der Waals surface area contributed by atoms with Crippen LogP contribution in [0.4, 0.5) is 4.79 Å². The smallest absolute Gasteiger partial charge is 0.407 e. The first-order valence-electron chi connectivity index (χ1n) is 10.0. The fourth-order valence-electron chi connectivity index (χ4n) is 1.88. The Hall–Kier alpha value is -1.59. The summed E-state index contributed by atoms with van der Waals surface area (Å²) < 4.78 is 9.62. The summed E-state index contributed by atoms with van der Waals surface area (Å²) in [7, 11) is 1.43. The zero-order valence-electron chi connectivity index (χ0n) is 19.0. The van der Waals surface area contributed by atoms with Gasteiger partial charge in [0.15, 0.2) is 0 Å². The summed E-state index contributed by atoms with van der Waals surface area (Å²) in [6.07, 6.45) is 1.29. The van der Waals surface area contributed by atoms with Crippen molar-refractivity contribution in [3.8, 4) is 0 Å². The van der Waals surface area contributed by atoms with Gasteiger partial charge >= 0.3 is 6.09 Å². The number of carbonyl (C=O) groups excluding carboxylic acids is 1. The van der Waals surface area contributed by atoms with Crippen molar-refractivity contribution in [1.29, 1.82) is 0 Å². The van der Waals surface area contributed by atoms with E-state index >= 15 is 0 Å². The van der Waals surface area contributed by atoms with E-state index in [9.17, 15) is 4.79 Å². The second-order valence-electron chi connectivity index (χ2n) is 5.66. The minimum absolute atomic E-state index is 0. The van der Waals surface area contributed by atoms with Gasteiger partial charge in [-0.3, -0.25) is 0 Å². The van der Waals surface area contributed by atoms with E-state index in [0.717, 1.165) is 12.8 Å². The third-order valence-corrected chi connectivity index (χ3v) is 3.33. The van der Waals surface area contributed by atoms with Gasteiger partial charge in [0, 0.05) is 21.5 Å². The van der Waals surface area contributed by atoms with Crippen molar-refractivity contribution in [2.45, 2.75) is 74.3 Å². The van der Waals surface area contributed by atoms with Crippen molar-refractivity contribution in [2.75, 3.05) is 20.4 Å². The second-order valence-corrected chi connectivity index (χ2v) is 5.66. The van der Waals surface area contributed by atoms with Crippen LogP contribution in [0.25, 0.3) is 0 Å². The lowest BCUT2D eigenvalue weighted by atomic mass is 9.96. The summed E-state index contributed by atoms with van der Waals surface area (Å²) in [5, 5.41) is 10.4. The minimum atomic E-state index is -0.311. The Morgan fingerprint density at radius 2 is 1.70 bits per heavy atom. The highest BCUT2D eigenvalue weighted by Gasteiger charge is 2.19. The van der Waals surface area contributed by atoms with Crippen LogP contribution in [0.1, 0.15) is 67.4 Å². The predicted octanol–water partition coefficient (Wildman–Crippen LogP) is 5.58. The standard InChI is InChI=1S/C16H25NO2.C2H6O2.2C2H6.H2/c1-5-10-17-16(18)19-15(12(2)3)11-14-9-7-6-8-13(14)4;1-4-2-3;2*1-2;/h6-9,12,15H,5,10-11H2,1-4H3,(H,17,18);3H,2H2,1H3;2*1-2H3;1H/t15-;;;;/m1..../s1. The molecule has 1 atom stereocenters. The molecule has 162 valence electrons. The number of alkyl carbamates (subject to hydrolysis) is 1. The van der Waals surface area contributed by atoms with Gasteiger partial charge in [0.1, 0.15) is 12.9 Å². The van der Waals surface area contributed by atoms with Gasteiger partial charge in [0.05, 0.1) is 0 Å². The molecule has 5 nitrogen and oxygen atoms in total. The average molecular weight is 388 g/mol. The number of carbonyl (C=O) groups is 1. The van der Waals surface area contributed by atoms with E-state index in [1.807, 2.05) is 46.8 Å². The van der Waals surface area contributed by atoms with Gasteiger partial charge in [-0.2, -0.15) is 0 Å². The van der Waals surface area contributed by atoms with Crippen molar-refractivity contribution in [3.63, 3.8) is 0 Å². The number of hydrogen-bond donors (Lipinski definition) is 2. The number of rotatable bonds is 7. The molecule has 1 aromatic carbocycles. The van der Waals surface area contributed by atoms with Gasteiger partial charge in [-0.05, 0) is 30.4 Å². The van der Waals surface area contributed by atoms with E-state index < -0.39 is 0 Å². The van der Waals surface area contributed by atoms with Gasteiger partial charge in [0.2, 0.25) is 0 Å². The number of hydrogen-bond acceptors (Lipinski definition) is 4. The summed E-state index contributed by atoms with van der Waals surface area (Å²) in [6, 6.07) is 8.23. The lowest BCUT2D eigenvalue weighted by Crippen LogP contribution is -2.33. The van der Waals surface area contributed by atoms with E-state index in [2.05, 4.69) is 43.0 Å². The molecule has 0 aliphatic rings. The van der Waals surface area contributed by atoms with Crippen LogP contribution in [0.15, 0.2) is 24.3 Å². The number of amides is 1. The molecule has 27 heavy (non-hydrogen) atoms. The van der Waals surface area contributed by atoms with Gasteiger partial charge in [-0.1, -0.05) is 72.7 Å². The van der Waals surface area contributed by atoms with Gasteiger partial charge in [-0.15, -0.1) is 0 Å². The molecule has 0 unspecified atom stereocenters. The number of ether oxygens (including phenoxy) is 2. The summed E-state index contributed by atoms with van der Waals surface area (Å²) in [5.74, 6) is 0.298. The molecule has 0 heterocycles. The normalized spacial score (nSPS) is 10.2. The van der Waals surface area contributed by atoms with Crippen LogP contribution >= 0.6 is 0 Å². The Morgan fingerprint density at radius 3 is 2.11 bits per heavy atom. The summed E-state index contributed by atoms with van der Waals surface area (Å²) in [5.41, 5.74) is 2.48. The third kappa shape index (κ3) is 17.6. The molecule has 0 bridgehead atoms. The first-order valence-corrected chi connectivity index (χ1v) is 10.0. The minimum Gasteiger partial charge on any atom is -0.446 e. The molecule has 0 spiro atoms. The Morgan fingerprint density at radius 1 is 1.19 bits per heavy atom. The molecule has 1 amide bonds. The topological polar surface area (TPSA) is 67.8 Å². The fraction of sp³-hybridized carbons (Fsp3) is 0.682. The molecule has 0 aliphatic carbocycles. The molecular formula is C22H45NO4. The van der Waals surface area contributed by atoms with Crippen LogP contribution in [0.3, 0.4) is 0 Å². The quantitative estimate of drug-likeness (QED) is 0.599. The van der Waals surface area contributed by atoms with Gasteiger partial charge in [-0.25, -0.2) is 4.79 Å². The highest BCUT2D eigenvalue weighted by Crippen LogP contribution is 2.16. The maximum atomic E-state index is 11.7. The zero-order valence-corrected chi connectivity index (χ0v) is 19.0. The maximum absolute atomic E-state index is 11.7. The summed E-state index contributed by atoms with van der Waals surface area (Å²) >= 11 is 0. The van der Waals surface area contributed by atoms with E-state index in [0.29, 0.717) is 12.5 Å². The largest absolute Gasteiger partial charge is 0.446 e. The Bertz CT molecular complexity index is 440. The molecule has 2 N–H and O–H groups in total. The molecule has 1 aromatic rings. The molecule has 0 aliphatic heterocycles. The number of nitrogens with one attached hydrogen (secondary N) is 1. The average Bonchev–Trinajstić information content (AvgIpc) is 2.70. The number of aliphatic hydroxyl groups excluding tert-OH is 1. The van der Waals surface area contributed by atoms with Crippen LogP contribution in [0, 0.1) is 12.8 Å². The van der Waals surface area contributed by atoms with Crippen molar-refractivity contribution < 1.29 is 20.8 Å². The predicted molar refractivity (Wildman–Crippen MR) is 117 cm³/mol. The summed E-state index contributed by atoms with van der Waals surface area (Å²) in [6.45, 7) is 16.7. The molecule has 0 saturated carbocycles. The molecule has 0 aromatic heterocycles. The fourth-order valence-corrected chi connectivity index (χ4v) is 1.88. The van der Waals surface area contributed by atoms with Gasteiger partial charge < -0.3 is 19.9 Å². The molecule has 5 heteroatoms. The third-order valence-electron chi connectivity index (χ3n) is 3.33. The van der Waals surface area contributed by atoms with E-state index in [1.165, 1.54) is 18.2 Å². The van der Waals surface area contributed by atoms with Crippen molar-refractivity contribution in [2.24, 2.45) is 5.92 Å². The zero-order chi connectivity index (χ0) is 21.7. The van der Waals surface area contributed by atoms with Crippen LogP contribution in [0.5, 0.6) is 0 Å². The van der Waals surface area contributed by atoms with Crippen LogP contribution in [-0.2, 0) is 15.9 Å². The lowest BCUT2D eigenvalue weighted by Gasteiger charge is -2.22. The van der Waals surface area contributed by atoms with Crippen molar-refractivity contribution >= 4 is 6.09 Å². The van der Waals surface area contributed by atoms with Crippen molar-refractivity contribution in [1.82, 2.24) is 5.32 Å². The molecule has 0 saturated heterocycles. The number of aliphatic hydroxyl groups is 1. The van der Waals surface area contributed by atoms with Crippen LogP contribution in [0.2, 0.25) is 0 Å². The highest BCUT2D eigenvalue weighted by molar-refractivity contribution is 5.67. The monoisotopic (exact) mass is 387 g/mol. The Balaban J connectivity index is -0.000000278. The Kier molecular flexibility index (Phi) is 25.1. The van der Waals surface area contributed by atoms with E-state index in [1.54, 1.807) is 0 Å². The molecule has 0 fully saturated rings. The first kappa shape index (κ1) is 30.1. The Labute approximate surface area is 169 Å². The van der Waals surface area contributed by atoms with E-state index in [-0.39, 0.29) is 20.4 Å². The molecule has 0 radical (unpaired) electrons.